The molecule has 0 bridgehead atoms. The first-order chi connectivity index (χ1) is 13.1. The second-order valence-corrected chi connectivity index (χ2v) is 9.19. The van der Waals surface area contributed by atoms with E-state index in [9.17, 15) is 13.2 Å². The van der Waals surface area contributed by atoms with Crippen LogP contribution in [0.5, 0.6) is 5.75 Å². The number of amides is 1. The highest BCUT2D eigenvalue weighted by atomic mass is 32.2. The van der Waals surface area contributed by atoms with Gasteiger partial charge in [-0.05, 0) is 60.7 Å². The fourth-order valence-electron chi connectivity index (χ4n) is 2.73. The number of nitrogens with one attached hydrogen (secondary N) is 1. The van der Waals surface area contributed by atoms with E-state index < -0.39 is 15.9 Å². The zero-order valence-corrected chi connectivity index (χ0v) is 18.1. The van der Waals surface area contributed by atoms with Crippen molar-refractivity contribution in [1.82, 2.24) is 4.31 Å². The van der Waals surface area contributed by atoms with Crippen LogP contribution in [0.2, 0.25) is 0 Å². The molecule has 0 saturated heterocycles. The fourth-order valence-corrected chi connectivity index (χ4v) is 4.04. The predicted octanol–water partition coefficient (Wildman–Crippen LogP) is 3.69. The van der Waals surface area contributed by atoms with Gasteiger partial charge in [-0.25, -0.2) is 8.42 Å². The average molecular weight is 405 g/mol. The Labute approximate surface area is 167 Å². The van der Waals surface area contributed by atoms with Gasteiger partial charge in [-0.1, -0.05) is 26.0 Å². The molecular weight excluding hydrogens is 376 g/mol. The number of ether oxygens (including phenoxy) is 1. The third-order valence-corrected chi connectivity index (χ3v) is 6.52. The Hall–Kier alpha value is -2.38. The van der Waals surface area contributed by atoms with E-state index in [1.54, 1.807) is 18.2 Å². The molecule has 152 valence electrons. The lowest BCUT2D eigenvalue weighted by Gasteiger charge is -2.20. The number of methoxy groups -OCH3 is 1. The number of carbonyl (C=O) groups excluding carboxylic acids is 1. The fraction of sp³-hybridized carbons (Fsp3) is 0.381. The number of hydrogen-bond donors (Lipinski definition) is 1. The summed E-state index contributed by atoms with van der Waals surface area (Å²) >= 11 is 0. The second kappa shape index (κ2) is 8.75. The molecule has 2 aromatic rings. The van der Waals surface area contributed by atoms with Crippen molar-refractivity contribution in [3.63, 3.8) is 0 Å². The summed E-state index contributed by atoms with van der Waals surface area (Å²) in [7, 11) is -1.08. The van der Waals surface area contributed by atoms with Gasteiger partial charge in [0.25, 0.3) is 0 Å². The molecular formula is C21H28N2O4S. The van der Waals surface area contributed by atoms with E-state index in [4.69, 9.17) is 4.74 Å². The van der Waals surface area contributed by atoms with Crippen molar-refractivity contribution < 1.29 is 17.9 Å². The molecule has 28 heavy (non-hydrogen) atoms. The van der Waals surface area contributed by atoms with E-state index in [0.717, 1.165) is 21.0 Å². The minimum absolute atomic E-state index is 0.0580. The molecule has 2 rings (SSSR count). The van der Waals surface area contributed by atoms with Crippen LogP contribution in [0.4, 0.5) is 5.69 Å². The van der Waals surface area contributed by atoms with Gasteiger partial charge in [0.15, 0.2) is 0 Å². The molecule has 0 spiro atoms. The van der Waals surface area contributed by atoms with E-state index in [1.807, 2.05) is 45.9 Å². The highest BCUT2D eigenvalue weighted by Crippen LogP contribution is 2.30. The van der Waals surface area contributed by atoms with Gasteiger partial charge in [0.1, 0.15) is 10.6 Å². The summed E-state index contributed by atoms with van der Waals surface area (Å²) in [5.41, 5.74) is 3.69. The number of anilines is 1. The number of aryl methyl sites for hydroxylation is 2. The van der Waals surface area contributed by atoms with Gasteiger partial charge < -0.3 is 10.1 Å². The summed E-state index contributed by atoms with van der Waals surface area (Å²) in [5.74, 6) is 0.0114. The maximum atomic E-state index is 13.0. The average Bonchev–Trinajstić information content (AvgIpc) is 2.63. The van der Waals surface area contributed by atoms with Gasteiger partial charge in [-0.2, -0.15) is 4.31 Å². The van der Waals surface area contributed by atoms with Crippen LogP contribution in [0, 0.1) is 13.8 Å². The molecule has 0 unspecified atom stereocenters. The molecule has 1 amide bonds. The minimum Gasteiger partial charge on any atom is -0.495 e. The van der Waals surface area contributed by atoms with Gasteiger partial charge in [-0.3, -0.25) is 4.79 Å². The number of nitrogens with zero attached hydrogens (tertiary/aromatic N) is 1. The van der Waals surface area contributed by atoms with Crippen molar-refractivity contribution in [1.29, 1.82) is 0 Å². The van der Waals surface area contributed by atoms with E-state index in [0.29, 0.717) is 5.69 Å². The molecule has 0 radical (unpaired) electrons. The van der Waals surface area contributed by atoms with Crippen LogP contribution in [0.15, 0.2) is 41.3 Å². The third-order valence-electron chi connectivity index (χ3n) is 4.70. The van der Waals surface area contributed by atoms with E-state index in [-0.39, 0.29) is 23.1 Å². The van der Waals surface area contributed by atoms with Crippen LogP contribution in [-0.2, 0) is 14.8 Å². The standard InChI is InChI=1S/C21H28N2O4S/c1-14(2)17-8-10-19(27-6)20(12-17)28(25,26)23(5)13-21(24)22-18-9-7-15(3)16(4)11-18/h7-12,14H,13H2,1-6H3,(H,22,24). The molecule has 6 nitrogen and oxygen atoms in total. The highest BCUT2D eigenvalue weighted by Gasteiger charge is 2.27. The first kappa shape index (κ1) is 21.9. The third kappa shape index (κ3) is 4.91. The van der Waals surface area contributed by atoms with Crippen molar-refractivity contribution in [3.05, 3.63) is 53.1 Å². The first-order valence-corrected chi connectivity index (χ1v) is 10.5. The zero-order chi connectivity index (χ0) is 21.1. The Bertz CT molecular complexity index is 968. The monoisotopic (exact) mass is 404 g/mol. The normalized spacial score (nSPS) is 11.7. The second-order valence-electron chi connectivity index (χ2n) is 7.17. The van der Waals surface area contributed by atoms with Crippen LogP contribution < -0.4 is 10.1 Å². The zero-order valence-electron chi connectivity index (χ0n) is 17.2. The molecule has 0 heterocycles. The summed E-state index contributed by atoms with van der Waals surface area (Å²) in [6, 6.07) is 10.7. The number of benzene rings is 2. The van der Waals surface area contributed by atoms with Crippen molar-refractivity contribution in [2.45, 2.75) is 38.5 Å². The van der Waals surface area contributed by atoms with Gasteiger partial charge in [0, 0.05) is 12.7 Å². The van der Waals surface area contributed by atoms with Crippen LogP contribution in [0.1, 0.15) is 36.5 Å². The quantitative estimate of drug-likeness (QED) is 0.764. The van der Waals surface area contributed by atoms with Gasteiger partial charge in [0.2, 0.25) is 15.9 Å². The van der Waals surface area contributed by atoms with Crippen molar-refractivity contribution >= 4 is 21.6 Å². The van der Waals surface area contributed by atoms with E-state index in [1.165, 1.54) is 14.2 Å². The molecule has 1 N–H and O–H groups in total. The predicted molar refractivity (Wildman–Crippen MR) is 111 cm³/mol. The van der Waals surface area contributed by atoms with Gasteiger partial charge in [-0.15, -0.1) is 0 Å². The summed E-state index contributed by atoms with van der Waals surface area (Å²) in [4.78, 5) is 12.4. The maximum absolute atomic E-state index is 13.0. The maximum Gasteiger partial charge on any atom is 0.246 e. The van der Waals surface area contributed by atoms with Crippen molar-refractivity contribution in [2.75, 3.05) is 26.0 Å². The lowest BCUT2D eigenvalue weighted by Crippen LogP contribution is -2.35. The summed E-state index contributed by atoms with van der Waals surface area (Å²) in [6.45, 7) is 7.61. The van der Waals surface area contributed by atoms with E-state index >= 15 is 0 Å². The summed E-state index contributed by atoms with van der Waals surface area (Å²) in [5, 5.41) is 2.75. The van der Waals surface area contributed by atoms with Crippen molar-refractivity contribution in [2.24, 2.45) is 0 Å². The number of hydrogen-bond acceptors (Lipinski definition) is 4. The number of carbonyl (C=O) groups is 1. The lowest BCUT2D eigenvalue weighted by molar-refractivity contribution is -0.116. The Morgan fingerprint density at radius 1 is 1.11 bits per heavy atom. The molecule has 0 atom stereocenters. The summed E-state index contributed by atoms with van der Waals surface area (Å²) < 4.78 is 32.3. The number of likely N-dealkylation sites (N-methyl/N-ethyl adjacent to an activating group) is 1. The topological polar surface area (TPSA) is 75.7 Å². The lowest BCUT2D eigenvalue weighted by atomic mass is 10.0. The Kier molecular flexibility index (Phi) is 6.85. The van der Waals surface area contributed by atoms with E-state index in [2.05, 4.69) is 5.32 Å². The SMILES string of the molecule is COc1ccc(C(C)C)cc1S(=O)(=O)N(C)CC(=O)Nc1ccc(C)c(C)c1. The van der Waals surface area contributed by atoms with Gasteiger partial charge in [0.05, 0.1) is 13.7 Å². The molecule has 0 aliphatic rings. The molecule has 0 fully saturated rings. The Morgan fingerprint density at radius 2 is 1.79 bits per heavy atom. The molecule has 0 aromatic heterocycles. The number of sulfonamides is 1. The molecule has 0 saturated carbocycles. The summed E-state index contributed by atoms with van der Waals surface area (Å²) in [6.07, 6.45) is 0. The Morgan fingerprint density at radius 3 is 2.36 bits per heavy atom. The minimum atomic E-state index is -3.89. The van der Waals surface area contributed by atoms with Crippen LogP contribution in [0.25, 0.3) is 0 Å². The van der Waals surface area contributed by atoms with Crippen LogP contribution in [0.3, 0.4) is 0 Å². The smallest absolute Gasteiger partial charge is 0.246 e. The molecule has 0 aliphatic heterocycles. The van der Waals surface area contributed by atoms with Gasteiger partial charge >= 0.3 is 0 Å². The Balaban J connectivity index is 2.22. The molecule has 0 aliphatic carbocycles. The number of rotatable bonds is 7. The molecule has 2 aromatic carbocycles. The van der Waals surface area contributed by atoms with Crippen molar-refractivity contribution in [3.8, 4) is 5.75 Å². The highest BCUT2D eigenvalue weighted by molar-refractivity contribution is 7.89. The molecule has 7 heteroatoms. The van der Waals surface area contributed by atoms with Crippen LogP contribution >= 0.6 is 0 Å². The largest absolute Gasteiger partial charge is 0.495 e. The first-order valence-electron chi connectivity index (χ1n) is 9.07. The van der Waals surface area contributed by atoms with Crippen LogP contribution in [-0.4, -0.2) is 39.3 Å².